The molecule has 0 radical (unpaired) electrons. The molecule has 8 nitrogen and oxygen atoms in total. The van der Waals surface area contributed by atoms with Crippen molar-refractivity contribution in [3.8, 4) is 0 Å². The normalized spacial score (nSPS) is 10.0. The molecule has 0 atom stereocenters. The third-order valence-corrected chi connectivity index (χ3v) is 2.21. The number of likely N-dealkylation sites (N-methyl/N-ethyl adjacent to an activating group) is 1. The molecule has 21 heavy (non-hydrogen) atoms. The maximum absolute atomic E-state index is 11.6. The molecule has 0 N–H and O–H groups in total. The zero-order valence-corrected chi connectivity index (χ0v) is 12.3. The number of esters is 3. The summed E-state index contributed by atoms with van der Waals surface area (Å²) in [5, 5.41) is 0. The fraction of sp³-hybridized carbons (Fsp3) is 0.538. The van der Waals surface area contributed by atoms with Crippen molar-refractivity contribution in [2.75, 3.05) is 33.9 Å². The highest BCUT2D eigenvalue weighted by Crippen LogP contribution is 1.94. The summed E-state index contributed by atoms with van der Waals surface area (Å²) in [6.45, 7) is 1.59. The fourth-order valence-corrected chi connectivity index (χ4v) is 1.17. The average Bonchev–Trinajstić information content (AvgIpc) is 2.44. The second-order valence-corrected chi connectivity index (χ2v) is 3.83. The number of nitrogens with zero attached hydrogens (tertiary/aromatic N) is 1. The maximum atomic E-state index is 11.6. The van der Waals surface area contributed by atoms with Crippen molar-refractivity contribution in [1.29, 1.82) is 0 Å². The predicted molar refractivity (Wildman–Crippen MR) is 71.0 cm³/mol. The lowest BCUT2D eigenvalue weighted by Gasteiger charge is -2.15. The van der Waals surface area contributed by atoms with Gasteiger partial charge in [0.15, 0.2) is 0 Å². The maximum Gasteiger partial charge on any atom is 0.331 e. The molecule has 0 rings (SSSR count). The van der Waals surface area contributed by atoms with E-state index in [4.69, 9.17) is 9.47 Å². The molecule has 0 bridgehead atoms. The van der Waals surface area contributed by atoms with Gasteiger partial charge in [0.2, 0.25) is 5.91 Å². The van der Waals surface area contributed by atoms with Crippen LogP contribution in [0.3, 0.4) is 0 Å². The molecule has 0 aliphatic carbocycles. The van der Waals surface area contributed by atoms with E-state index >= 15 is 0 Å². The third-order valence-electron chi connectivity index (χ3n) is 2.21. The van der Waals surface area contributed by atoms with Crippen molar-refractivity contribution in [2.24, 2.45) is 0 Å². The van der Waals surface area contributed by atoms with Crippen molar-refractivity contribution in [3.63, 3.8) is 0 Å². The highest BCUT2D eigenvalue weighted by molar-refractivity contribution is 5.91. The summed E-state index contributed by atoms with van der Waals surface area (Å²) >= 11 is 0. The first-order chi connectivity index (χ1) is 9.90. The van der Waals surface area contributed by atoms with E-state index in [1.807, 2.05) is 0 Å². The lowest BCUT2D eigenvalue weighted by atomic mass is 10.4. The van der Waals surface area contributed by atoms with Crippen LogP contribution in [0.15, 0.2) is 12.2 Å². The number of carbonyl (C=O) groups is 4. The summed E-state index contributed by atoms with van der Waals surface area (Å²) in [6.07, 6.45) is 1.74. The van der Waals surface area contributed by atoms with Gasteiger partial charge in [-0.15, -0.1) is 0 Å². The summed E-state index contributed by atoms with van der Waals surface area (Å²) in [5.41, 5.74) is 0. The smallest absolute Gasteiger partial charge is 0.331 e. The molecule has 0 spiro atoms. The van der Waals surface area contributed by atoms with Crippen molar-refractivity contribution in [1.82, 2.24) is 4.90 Å². The molecule has 0 heterocycles. The lowest BCUT2D eigenvalue weighted by molar-refractivity contribution is -0.149. The van der Waals surface area contributed by atoms with Crippen molar-refractivity contribution in [2.45, 2.75) is 13.3 Å². The quantitative estimate of drug-likeness (QED) is 0.344. The van der Waals surface area contributed by atoms with E-state index in [1.165, 1.54) is 19.1 Å². The molecular weight excluding hydrogens is 282 g/mol. The molecule has 0 aliphatic heterocycles. The van der Waals surface area contributed by atoms with Crippen molar-refractivity contribution in [3.05, 3.63) is 12.2 Å². The van der Waals surface area contributed by atoms with Crippen LogP contribution in [0.25, 0.3) is 0 Å². The third kappa shape index (κ3) is 9.20. The molecule has 0 unspecified atom stereocenters. The monoisotopic (exact) mass is 301 g/mol. The number of methoxy groups -OCH3 is 1. The molecule has 118 valence electrons. The van der Waals surface area contributed by atoms with Crippen LogP contribution in [0.5, 0.6) is 0 Å². The summed E-state index contributed by atoms with van der Waals surface area (Å²) in [6, 6.07) is 0. The van der Waals surface area contributed by atoms with Crippen LogP contribution in [-0.2, 0) is 33.4 Å². The van der Waals surface area contributed by atoms with Crippen LogP contribution in [0.2, 0.25) is 0 Å². The number of rotatable bonds is 8. The summed E-state index contributed by atoms with van der Waals surface area (Å²) in [4.78, 5) is 45.8. The van der Waals surface area contributed by atoms with Crippen LogP contribution in [0.1, 0.15) is 13.3 Å². The molecule has 0 aromatic carbocycles. The molecule has 0 aromatic rings. The Kier molecular flexibility index (Phi) is 9.23. The van der Waals surface area contributed by atoms with Gasteiger partial charge in [0.25, 0.3) is 0 Å². The van der Waals surface area contributed by atoms with Gasteiger partial charge in [-0.3, -0.25) is 9.59 Å². The molecular formula is C13H19NO7. The van der Waals surface area contributed by atoms with Crippen LogP contribution in [0, 0.1) is 0 Å². The topological polar surface area (TPSA) is 99.2 Å². The van der Waals surface area contributed by atoms with E-state index in [-0.39, 0.29) is 32.1 Å². The standard InChI is InChI=1S/C13H19NO7/c1-4-20-13(18)9-14(2)10(15)7-8-21-12(17)6-5-11(16)19-3/h5-6H,4,7-9H2,1-3H3. The van der Waals surface area contributed by atoms with Gasteiger partial charge in [0, 0.05) is 19.2 Å². The van der Waals surface area contributed by atoms with Gasteiger partial charge < -0.3 is 19.1 Å². The highest BCUT2D eigenvalue weighted by Gasteiger charge is 2.13. The zero-order chi connectivity index (χ0) is 16.3. The molecule has 0 aliphatic rings. The van der Waals surface area contributed by atoms with E-state index in [0.717, 1.165) is 12.2 Å². The highest BCUT2D eigenvalue weighted by atomic mass is 16.5. The molecule has 1 amide bonds. The van der Waals surface area contributed by atoms with E-state index in [0.29, 0.717) is 0 Å². The SMILES string of the molecule is CCOC(=O)CN(C)C(=O)CCOC(=O)C=CC(=O)OC. The Labute approximate surface area is 122 Å². The van der Waals surface area contributed by atoms with Gasteiger partial charge in [-0.25, -0.2) is 9.59 Å². The molecule has 8 heteroatoms. The first-order valence-electron chi connectivity index (χ1n) is 6.23. The summed E-state index contributed by atoms with van der Waals surface area (Å²) in [5.74, 6) is -2.32. The minimum Gasteiger partial charge on any atom is -0.466 e. The first kappa shape index (κ1) is 18.6. The Morgan fingerprint density at radius 3 is 2.24 bits per heavy atom. The molecule has 0 aromatic heterocycles. The second kappa shape index (κ2) is 10.4. The van der Waals surface area contributed by atoms with Crippen LogP contribution in [0.4, 0.5) is 0 Å². The number of carbonyl (C=O) groups excluding carboxylic acids is 4. The summed E-state index contributed by atoms with van der Waals surface area (Å²) in [7, 11) is 2.62. The van der Waals surface area contributed by atoms with Crippen LogP contribution < -0.4 is 0 Å². The average molecular weight is 301 g/mol. The minimum atomic E-state index is -0.763. The van der Waals surface area contributed by atoms with Crippen molar-refractivity contribution < 1.29 is 33.4 Å². The van der Waals surface area contributed by atoms with Gasteiger partial charge in [-0.2, -0.15) is 0 Å². The Morgan fingerprint density at radius 2 is 1.67 bits per heavy atom. The number of amides is 1. The zero-order valence-electron chi connectivity index (χ0n) is 12.3. The first-order valence-corrected chi connectivity index (χ1v) is 6.23. The molecule has 0 fully saturated rings. The second-order valence-electron chi connectivity index (χ2n) is 3.83. The van der Waals surface area contributed by atoms with Gasteiger partial charge in [-0.1, -0.05) is 0 Å². The van der Waals surface area contributed by atoms with Crippen molar-refractivity contribution >= 4 is 23.8 Å². The largest absolute Gasteiger partial charge is 0.466 e. The number of hydrogen-bond acceptors (Lipinski definition) is 7. The fourth-order valence-electron chi connectivity index (χ4n) is 1.17. The Balaban J connectivity index is 3.98. The van der Waals surface area contributed by atoms with Gasteiger partial charge in [0.05, 0.1) is 20.1 Å². The van der Waals surface area contributed by atoms with Gasteiger partial charge in [-0.05, 0) is 6.92 Å². The van der Waals surface area contributed by atoms with E-state index in [9.17, 15) is 19.2 Å². The number of ether oxygens (including phenoxy) is 3. The minimum absolute atomic E-state index is 0.0757. The van der Waals surface area contributed by atoms with E-state index in [2.05, 4.69) is 4.74 Å². The van der Waals surface area contributed by atoms with Gasteiger partial charge >= 0.3 is 17.9 Å². The predicted octanol–water partition coefficient (Wildman–Crippen LogP) is -0.330. The Hall–Kier alpha value is -2.38. The van der Waals surface area contributed by atoms with E-state index in [1.54, 1.807) is 6.92 Å². The van der Waals surface area contributed by atoms with E-state index < -0.39 is 17.9 Å². The summed E-state index contributed by atoms with van der Waals surface area (Å²) < 4.78 is 13.7. The Morgan fingerprint density at radius 1 is 1.05 bits per heavy atom. The molecule has 0 saturated carbocycles. The lowest BCUT2D eigenvalue weighted by Crippen LogP contribution is -2.33. The Bertz CT molecular complexity index is 417. The van der Waals surface area contributed by atoms with Crippen LogP contribution >= 0.6 is 0 Å². The molecule has 0 saturated heterocycles. The van der Waals surface area contributed by atoms with Crippen LogP contribution in [-0.4, -0.2) is 62.6 Å². The number of hydrogen-bond donors (Lipinski definition) is 0. The van der Waals surface area contributed by atoms with Gasteiger partial charge in [0.1, 0.15) is 13.2 Å².